The van der Waals surface area contributed by atoms with Crippen molar-refractivity contribution in [3.8, 4) is 5.88 Å². The van der Waals surface area contributed by atoms with Gasteiger partial charge in [-0.15, -0.1) is 11.3 Å². The highest BCUT2D eigenvalue weighted by atomic mass is 35.5. The van der Waals surface area contributed by atoms with Gasteiger partial charge in [-0.25, -0.2) is 13.4 Å². The molecule has 1 atom stereocenters. The Morgan fingerprint density at radius 1 is 1.32 bits per heavy atom. The predicted octanol–water partition coefficient (Wildman–Crippen LogP) is 3.66. The maximum Gasteiger partial charge on any atom is 0.416 e. The van der Waals surface area contributed by atoms with Crippen LogP contribution in [-0.2, 0) is 16.2 Å². The fraction of sp³-hybridized carbons (Fsp3) is 0.357. The number of aromatic nitrogens is 1. The molecule has 0 N–H and O–H groups in total. The van der Waals surface area contributed by atoms with Crippen LogP contribution >= 0.6 is 22.9 Å². The fourth-order valence-electron chi connectivity index (χ4n) is 2.40. The van der Waals surface area contributed by atoms with E-state index in [2.05, 4.69) is 4.98 Å². The van der Waals surface area contributed by atoms with Crippen molar-refractivity contribution < 1.29 is 26.3 Å². The highest BCUT2D eigenvalue weighted by Crippen LogP contribution is 2.32. The van der Waals surface area contributed by atoms with Crippen LogP contribution in [0, 0.1) is 0 Å². The van der Waals surface area contributed by atoms with Crippen molar-refractivity contribution in [3.63, 3.8) is 0 Å². The number of halogens is 4. The molecule has 1 aliphatic rings. The van der Waals surface area contributed by atoms with Crippen LogP contribution in [-0.4, -0.2) is 36.9 Å². The Bertz CT molecular complexity index is 870. The van der Waals surface area contributed by atoms with E-state index in [1.807, 2.05) is 0 Å². The summed E-state index contributed by atoms with van der Waals surface area (Å²) < 4.78 is 70.3. The molecule has 5 nitrogen and oxygen atoms in total. The van der Waals surface area contributed by atoms with Crippen molar-refractivity contribution in [3.05, 3.63) is 40.4 Å². The van der Waals surface area contributed by atoms with Gasteiger partial charge >= 0.3 is 6.18 Å². The van der Waals surface area contributed by atoms with Gasteiger partial charge in [-0.05, 0) is 24.6 Å². The molecular weight excluding hydrogens is 401 g/mol. The van der Waals surface area contributed by atoms with Crippen LogP contribution in [0.5, 0.6) is 5.88 Å². The zero-order valence-corrected chi connectivity index (χ0v) is 14.9. The van der Waals surface area contributed by atoms with Gasteiger partial charge in [0.15, 0.2) is 0 Å². The molecule has 1 aliphatic heterocycles. The van der Waals surface area contributed by atoms with E-state index < -0.39 is 27.9 Å². The van der Waals surface area contributed by atoms with Crippen molar-refractivity contribution >= 4 is 33.0 Å². The average Bonchev–Trinajstić information content (AvgIpc) is 3.16. The Hall–Kier alpha value is -1.36. The lowest BCUT2D eigenvalue weighted by atomic mass is 10.2. The van der Waals surface area contributed by atoms with Crippen molar-refractivity contribution in [2.24, 2.45) is 0 Å². The summed E-state index contributed by atoms with van der Waals surface area (Å²) in [6.07, 6.45) is -3.70. The Morgan fingerprint density at radius 3 is 2.72 bits per heavy atom. The predicted molar refractivity (Wildman–Crippen MR) is 86.4 cm³/mol. The summed E-state index contributed by atoms with van der Waals surface area (Å²) in [5.74, 6) is -0.182. The van der Waals surface area contributed by atoms with E-state index in [0.717, 1.165) is 29.7 Å². The van der Waals surface area contributed by atoms with Gasteiger partial charge in [0.25, 0.3) is 10.0 Å². The Kier molecular flexibility index (Phi) is 4.97. The second kappa shape index (κ2) is 6.75. The van der Waals surface area contributed by atoms with Gasteiger partial charge in [-0.1, -0.05) is 11.6 Å². The second-order valence-corrected chi connectivity index (χ2v) is 9.21. The SMILES string of the molecule is O=S(=O)(c1ccc(Cl)s1)N1CCC(Oc2cc(C(F)(F)F)ccn2)C1. The van der Waals surface area contributed by atoms with E-state index in [4.69, 9.17) is 16.3 Å². The van der Waals surface area contributed by atoms with Gasteiger partial charge in [0.05, 0.1) is 16.4 Å². The van der Waals surface area contributed by atoms with E-state index in [9.17, 15) is 21.6 Å². The van der Waals surface area contributed by atoms with Gasteiger partial charge in [-0.3, -0.25) is 0 Å². The van der Waals surface area contributed by atoms with Gasteiger partial charge in [-0.2, -0.15) is 17.5 Å². The molecule has 2 aromatic heterocycles. The average molecular weight is 413 g/mol. The number of nitrogens with zero attached hydrogens (tertiary/aromatic N) is 2. The first-order valence-corrected chi connectivity index (χ1v) is 9.75. The van der Waals surface area contributed by atoms with E-state index in [1.54, 1.807) is 0 Å². The maximum atomic E-state index is 12.7. The highest BCUT2D eigenvalue weighted by Gasteiger charge is 2.35. The molecule has 2 aromatic rings. The third kappa shape index (κ3) is 4.08. The molecule has 136 valence electrons. The second-order valence-electron chi connectivity index (χ2n) is 5.33. The smallest absolute Gasteiger partial charge is 0.416 e. The number of hydrogen-bond acceptors (Lipinski definition) is 5. The first-order chi connectivity index (χ1) is 11.7. The van der Waals surface area contributed by atoms with E-state index >= 15 is 0 Å². The Morgan fingerprint density at radius 2 is 2.08 bits per heavy atom. The zero-order valence-electron chi connectivity index (χ0n) is 12.5. The number of ether oxygens (including phenoxy) is 1. The molecular formula is C14H12ClF3N2O3S2. The maximum absolute atomic E-state index is 12.7. The van der Waals surface area contributed by atoms with Crippen molar-refractivity contribution in [2.45, 2.75) is 22.9 Å². The molecule has 0 spiro atoms. The molecule has 11 heteroatoms. The van der Waals surface area contributed by atoms with Crippen LogP contribution < -0.4 is 4.74 Å². The molecule has 0 radical (unpaired) electrons. The molecule has 0 amide bonds. The van der Waals surface area contributed by atoms with Crippen molar-refractivity contribution in [1.82, 2.24) is 9.29 Å². The fourth-order valence-corrected chi connectivity index (χ4v) is 5.52. The summed E-state index contributed by atoms with van der Waals surface area (Å²) in [4.78, 5) is 3.76. The lowest BCUT2D eigenvalue weighted by Crippen LogP contribution is -2.30. The number of sulfonamides is 1. The molecule has 0 aliphatic carbocycles. The lowest BCUT2D eigenvalue weighted by molar-refractivity contribution is -0.137. The summed E-state index contributed by atoms with van der Waals surface area (Å²) in [5, 5.41) is 0. The molecule has 0 saturated carbocycles. The highest BCUT2D eigenvalue weighted by molar-refractivity contribution is 7.91. The van der Waals surface area contributed by atoms with Crippen LogP contribution in [0.1, 0.15) is 12.0 Å². The molecule has 0 aromatic carbocycles. The number of hydrogen-bond donors (Lipinski definition) is 0. The standard InChI is InChI=1S/C14H12ClF3N2O3S2/c15-11-1-2-13(24-11)25(21,22)20-6-4-10(8-20)23-12-7-9(3-5-19-12)14(16,17)18/h1-3,5,7,10H,4,6,8H2. The molecule has 0 bridgehead atoms. The van der Waals surface area contributed by atoms with Crippen LogP contribution in [0.2, 0.25) is 4.34 Å². The number of alkyl halides is 3. The minimum Gasteiger partial charge on any atom is -0.473 e. The van der Waals surface area contributed by atoms with Crippen molar-refractivity contribution in [2.75, 3.05) is 13.1 Å². The number of rotatable bonds is 4. The quantitative estimate of drug-likeness (QED) is 0.769. The normalized spacial score (nSPS) is 19.3. The molecule has 25 heavy (non-hydrogen) atoms. The van der Waals surface area contributed by atoms with E-state index in [1.165, 1.54) is 16.4 Å². The number of thiophene rings is 1. The largest absolute Gasteiger partial charge is 0.473 e. The minimum absolute atomic E-state index is 0.0375. The van der Waals surface area contributed by atoms with Gasteiger partial charge in [0.1, 0.15) is 10.3 Å². The monoisotopic (exact) mass is 412 g/mol. The first-order valence-electron chi connectivity index (χ1n) is 7.11. The van der Waals surface area contributed by atoms with Crippen LogP contribution in [0.15, 0.2) is 34.7 Å². The van der Waals surface area contributed by atoms with E-state index in [0.29, 0.717) is 10.8 Å². The zero-order chi connectivity index (χ0) is 18.2. The van der Waals surface area contributed by atoms with Crippen LogP contribution in [0.3, 0.4) is 0 Å². The molecule has 1 saturated heterocycles. The molecule has 3 heterocycles. The van der Waals surface area contributed by atoms with Crippen molar-refractivity contribution in [1.29, 1.82) is 0 Å². The summed E-state index contributed by atoms with van der Waals surface area (Å²) in [5.41, 5.74) is -0.867. The first kappa shape index (κ1) is 18.4. The summed E-state index contributed by atoms with van der Waals surface area (Å²) in [6.45, 7) is 0.247. The van der Waals surface area contributed by atoms with Gasteiger partial charge in [0, 0.05) is 18.8 Å². The van der Waals surface area contributed by atoms with Gasteiger partial charge < -0.3 is 4.74 Å². The van der Waals surface area contributed by atoms with Gasteiger partial charge in [0.2, 0.25) is 5.88 Å². The van der Waals surface area contributed by atoms with Crippen LogP contribution in [0.4, 0.5) is 13.2 Å². The molecule has 1 unspecified atom stereocenters. The third-order valence-corrected chi connectivity index (χ3v) is 7.16. The molecule has 1 fully saturated rings. The third-order valence-electron chi connectivity index (χ3n) is 3.60. The lowest BCUT2D eigenvalue weighted by Gasteiger charge is -2.16. The summed E-state index contributed by atoms with van der Waals surface area (Å²) in [7, 11) is -3.69. The summed E-state index contributed by atoms with van der Waals surface area (Å²) in [6, 6.07) is 4.57. The topological polar surface area (TPSA) is 59.5 Å². The van der Waals surface area contributed by atoms with E-state index in [-0.39, 0.29) is 23.2 Å². The molecule has 3 rings (SSSR count). The Balaban J connectivity index is 1.70. The minimum atomic E-state index is -4.50. The number of pyridine rings is 1. The van der Waals surface area contributed by atoms with Crippen LogP contribution in [0.25, 0.3) is 0 Å². The Labute approximate surface area is 151 Å². The summed E-state index contributed by atoms with van der Waals surface area (Å²) >= 11 is 6.72.